The van der Waals surface area contributed by atoms with E-state index >= 15 is 0 Å². The highest BCUT2D eigenvalue weighted by Crippen LogP contribution is 2.28. The molecule has 2 heterocycles. The quantitative estimate of drug-likeness (QED) is 0.412. The molecule has 6 heteroatoms. The van der Waals surface area contributed by atoms with Crippen LogP contribution in [0.3, 0.4) is 0 Å². The molecule has 0 unspecified atom stereocenters. The van der Waals surface area contributed by atoms with Crippen molar-refractivity contribution in [2.75, 3.05) is 38.1 Å². The van der Waals surface area contributed by atoms with Crippen molar-refractivity contribution in [1.82, 2.24) is 15.2 Å². The minimum absolute atomic E-state index is 0.0419. The van der Waals surface area contributed by atoms with Crippen LogP contribution in [0.1, 0.15) is 49.4 Å². The lowest BCUT2D eigenvalue weighted by molar-refractivity contribution is 0.0933. The lowest BCUT2D eigenvalue weighted by atomic mass is 9.96. The van der Waals surface area contributed by atoms with Crippen LogP contribution >= 0.6 is 15.9 Å². The molecule has 1 aromatic heterocycles. The SMILES string of the molecule is CCCCN1CCC(CNC(=O)c2c(OCCCBr)[nH]c3ccccc23)CC1. The first-order chi connectivity index (χ1) is 13.7. The molecule has 0 spiro atoms. The highest BCUT2D eigenvalue weighted by atomic mass is 79.9. The van der Waals surface area contributed by atoms with Gasteiger partial charge in [-0.15, -0.1) is 0 Å². The Labute approximate surface area is 176 Å². The van der Waals surface area contributed by atoms with Gasteiger partial charge in [-0.1, -0.05) is 47.5 Å². The first-order valence-electron chi connectivity index (χ1n) is 10.5. The van der Waals surface area contributed by atoms with Gasteiger partial charge in [0.1, 0.15) is 5.56 Å². The molecule has 1 aliphatic rings. The zero-order chi connectivity index (χ0) is 19.8. The minimum Gasteiger partial charge on any atom is -0.478 e. The Balaban J connectivity index is 1.59. The number of hydrogen-bond acceptors (Lipinski definition) is 3. The monoisotopic (exact) mass is 449 g/mol. The number of likely N-dealkylation sites (tertiary alicyclic amines) is 1. The van der Waals surface area contributed by atoms with E-state index in [1.807, 2.05) is 24.3 Å². The zero-order valence-electron chi connectivity index (χ0n) is 16.8. The number of amides is 1. The fourth-order valence-electron chi connectivity index (χ4n) is 3.80. The highest BCUT2D eigenvalue weighted by Gasteiger charge is 2.23. The summed E-state index contributed by atoms with van der Waals surface area (Å²) in [5.74, 6) is 1.10. The van der Waals surface area contributed by atoms with Crippen LogP contribution in [-0.4, -0.2) is 53.9 Å². The van der Waals surface area contributed by atoms with Crippen molar-refractivity contribution in [3.63, 3.8) is 0 Å². The molecule has 1 saturated heterocycles. The van der Waals surface area contributed by atoms with Crippen LogP contribution in [0.25, 0.3) is 10.9 Å². The Morgan fingerprint density at radius 2 is 2.07 bits per heavy atom. The lowest BCUT2D eigenvalue weighted by Gasteiger charge is -2.31. The molecule has 3 rings (SSSR count). The van der Waals surface area contributed by atoms with Crippen LogP contribution < -0.4 is 10.1 Å². The zero-order valence-corrected chi connectivity index (χ0v) is 18.4. The van der Waals surface area contributed by atoms with Crippen molar-refractivity contribution in [2.24, 2.45) is 5.92 Å². The number of carbonyl (C=O) groups excluding carboxylic acids is 1. The third kappa shape index (κ3) is 5.51. The first-order valence-corrected chi connectivity index (χ1v) is 11.6. The minimum atomic E-state index is -0.0419. The molecule has 2 aromatic rings. The summed E-state index contributed by atoms with van der Waals surface area (Å²) >= 11 is 3.42. The molecular formula is C22H32BrN3O2. The number of halogens is 1. The summed E-state index contributed by atoms with van der Waals surface area (Å²) in [6.07, 6.45) is 5.74. The van der Waals surface area contributed by atoms with Crippen LogP contribution in [-0.2, 0) is 0 Å². The van der Waals surface area contributed by atoms with Crippen molar-refractivity contribution in [3.05, 3.63) is 29.8 Å². The average molecular weight is 450 g/mol. The maximum Gasteiger partial charge on any atom is 0.257 e. The molecule has 1 aromatic carbocycles. The van der Waals surface area contributed by atoms with Gasteiger partial charge in [-0.25, -0.2) is 0 Å². The number of nitrogens with zero attached hydrogens (tertiary/aromatic N) is 1. The Kier molecular flexibility index (Phi) is 8.22. The number of piperidine rings is 1. The van der Waals surface area contributed by atoms with Crippen LogP contribution in [0, 0.1) is 5.92 Å². The molecule has 0 atom stereocenters. The van der Waals surface area contributed by atoms with E-state index in [2.05, 4.69) is 38.1 Å². The second kappa shape index (κ2) is 10.9. The van der Waals surface area contributed by atoms with Crippen LogP contribution in [0.2, 0.25) is 0 Å². The van der Waals surface area contributed by atoms with E-state index in [4.69, 9.17) is 4.74 Å². The van der Waals surface area contributed by atoms with Gasteiger partial charge in [-0.2, -0.15) is 0 Å². The number of H-pyrrole nitrogens is 1. The Bertz CT molecular complexity index is 753. The van der Waals surface area contributed by atoms with Gasteiger partial charge in [-0.05, 0) is 57.3 Å². The molecule has 28 heavy (non-hydrogen) atoms. The number of aromatic nitrogens is 1. The maximum absolute atomic E-state index is 13.0. The van der Waals surface area contributed by atoms with Gasteiger partial charge in [-0.3, -0.25) is 4.79 Å². The fourth-order valence-corrected chi connectivity index (χ4v) is 4.03. The number of hydrogen-bond donors (Lipinski definition) is 2. The van der Waals surface area contributed by atoms with E-state index < -0.39 is 0 Å². The Hall–Kier alpha value is -1.53. The molecule has 2 N–H and O–H groups in total. The second-order valence-corrected chi connectivity index (χ2v) is 8.41. The molecule has 0 saturated carbocycles. The summed E-state index contributed by atoms with van der Waals surface area (Å²) in [6.45, 7) is 7.06. The summed E-state index contributed by atoms with van der Waals surface area (Å²) in [4.78, 5) is 18.8. The van der Waals surface area contributed by atoms with Gasteiger partial charge in [0.05, 0.1) is 6.61 Å². The standard InChI is InChI=1S/C22H32BrN3O2/c1-2-3-12-26-13-9-17(10-14-26)16-24-21(27)20-18-7-4-5-8-19(18)25-22(20)28-15-6-11-23/h4-5,7-8,17,25H,2-3,6,9-16H2,1H3,(H,24,27). The van der Waals surface area contributed by atoms with Crippen molar-refractivity contribution >= 4 is 32.7 Å². The molecule has 0 radical (unpaired) electrons. The summed E-state index contributed by atoms with van der Waals surface area (Å²) in [5.41, 5.74) is 1.57. The van der Waals surface area contributed by atoms with Crippen molar-refractivity contribution in [2.45, 2.75) is 39.0 Å². The van der Waals surface area contributed by atoms with Crippen molar-refractivity contribution in [3.8, 4) is 5.88 Å². The summed E-state index contributed by atoms with van der Waals surface area (Å²) in [6, 6.07) is 7.89. The van der Waals surface area contributed by atoms with Crippen molar-refractivity contribution < 1.29 is 9.53 Å². The smallest absolute Gasteiger partial charge is 0.257 e. The predicted molar refractivity (Wildman–Crippen MR) is 119 cm³/mol. The van der Waals surface area contributed by atoms with E-state index in [0.29, 0.717) is 24.0 Å². The maximum atomic E-state index is 13.0. The number of aromatic amines is 1. The Morgan fingerprint density at radius 1 is 1.29 bits per heavy atom. The number of para-hydroxylation sites is 1. The number of fused-ring (bicyclic) bond motifs is 1. The average Bonchev–Trinajstić information content (AvgIpc) is 3.10. The largest absolute Gasteiger partial charge is 0.478 e. The van der Waals surface area contributed by atoms with Crippen molar-refractivity contribution in [1.29, 1.82) is 0 Å². The number of rotatable bonds is 10. The third-order valence-electron chi connectivity index (χ3n) is 5.51. The summed E-state index contributed by atoms with van der Waals surface area (Å²) in [5, 5.41) is 4.97. The topological polar surface area (TPSA) is 57.4 Å². The Morgan fingerprint density at radius 3 is 2.82 bits per heavy atom. The van der Waals surface area contributed by atoms with E-state index in [1.54, 1.807) is 0 Å². The molecule has 154 valence electrons. The van der Waals surface area contributed by atoms with E-state index in [1.165, 1.54) is 19.4 Å². The van der Waals surface area contributed by atoms with Crippen LogP contribution in [0.15, 0.2) is 24.3 Å². The van der Waals surface area contributed by atoms with Gasteiger partial charge in [0, 0.05) is 22.8 Å². The fraction of sp³-hybridized carbons (Fsp3) is 0.591. The summed E-state index contributed by atoms with van der Waals surface area (Å²) in [7, 11) is 0. The molecule has 1 aliphatic heterocycles. The van der Waals surface area contributed by atoms with E-state index in [9.17, 15) is 4.79 Å². The van der Waals surface area contributed by atoms with Gasteiger partial charge < -0.3 is 19.9 Å². The highest BCUT2D eigenvalue weighted by molar-refractivity contribution is 9.09. The number of ether oxygens (including phenoxy) is 1. The number of alkyl halides is 1. The van der Waals surface area contributed by atoms with Gasteiger partial charge in [0.25, 0.3) is 5.91 Å². The molecule has 5 nitrogen and oxygen atoms in total. The summed E-state index contributed by atoms with van der Waals surface area (Å²) < 4.78 is 5.87. The molecule has 1 fully saturated rings. The number of unbranched alkanes of at least 4 members (excludes halogenated alkanes) is 1. The molecular weight excluding hydrogens is 418 g/mol. The van der Waals surface area contributed by atoms with Crippen LogP contribution in [0.4, 0.5) is 0 Å². The van der Waals surface area contributed by atoms with Gasteiger partial charge in [0.2, 0.25) is 5.88 Å². The van der Waals surface area contributed by atoms with E-state index in [0.717, 1.165) is 55.1 Å². The lowest BCUT2D eigenvalue weighted by Crippen LogP contribution is -2.39. The second-order valence-electron chi connectivity index (χ2n) is 7.61. The normalized spacial score (nSPS) is 15.8. The van der Waals surface area contributed by atoms with Gasteiger partial charge in [0.15, 0.2) is 0 Å². The number of benzene rings is 1. The molecule has 1 amide bonds. The van der Waals surface area contributed by atoms with Crippen LogP contribution in [0.5, 0.6) is 5.88 Å². The first kappa shape index (κ1) is 21.2. The van der Waals surface area contributed by atoms with E-state index in [-0.39, 0.29) is 5.91 Å². The van der Waals surface area contributed by atoms with Gasteiger partial charge >= 0.3 is 0 Å². The number of carbonyl (C=O) groups is 1. The predicted octanol–water partition coefficient (Wildman–Crippen LogP) is 4.57. The molecule has 0 bridgehead atoms. The number of nitrogens with one attached hydrogen (secondary N) is 2. The third-order valence-corrected chi connectivity index (χ3v) is 6.07. The molecule has 0 aliphatic carbocycles.